The fourth-order valence-corrected chi connectivity index (χ4v) is 4.68. The van der Waals surface area contributed by atoms with Crippen LogP contribution in [0.15, 0.2) is 56.5 Å². The van der Waals surface area contributed by atoms with Gasteiger partial charge in [-0.25, -0.2) is 4.79 Å². The number of amides is 1. The first-order valence-corrected chi connectivity index (χ1v) is 11.5. The van der Waals surface area contributed by atoms with Crippen molar-refractivity contribution in [2.24, 2.45) is 10.1 Å². The summed E-state index contributed by atoms with van der Waals surface area (Å²) in [4.78, 5) is 30.7. The fraction of sp³-hybridized carbons (Fsp3) is 0.261. The third-order valence-corrected chi connectivity index (χ3v) is 6.38. The third-order valence-electron chi connectivity index (χ3n) is 5.41. The van der Waals surface area contributed by atoms with E-state index in [0.717, 1.165) is 36.7 Å². The highest BCUT2D eigenvalue weighted by Crippen LogP contribution is 2.31. The van der Waals surface area contributed by atoms with E-state index in [1.165, 1.54) is 22.8 Å². The van der Waals surface area contributed by atoms with Crippen molar-refractivity contribution in [2.75, 3.05) is 19.7 Å². The molecule has 2 aromatic rings. The summed E-state index contributed by atoms with van der Waals surface area (Å²) in [6.45, 7) is 3.92. The second-order valence-electron chi connectivity index (χ2n) is 7.60. The minimum Gasteiger partial charge on any atom is -0.462 e. The maximum atomic E-state index is 12.6. The number of nitrogens with zero attached hydrogens (tertiary/aromatic N) is 4. The Kier molecular flexibility index (Phi) is 5.59. The van der Waals surface area contributed by atoms with Crippen LogP contribution in [-0.2, 0) is 9.53 Å². The molecule has 0 saturated carbocycles. The van der Waals surface area contributed by atoms with Gasteiger partial charge in [0.2, 0.25) is 5.17 Å². The van der Waals surface area contributed by atoms with Crippen LogP contribution in [0.4, 0.5) is 0 Å². The van der Waals surface area contributed by atoms with Crippen molar-refractivity contribution in [1.29, 1.82) is 5.41 Å². The minimum absolute atomic E-state index is 0.0246. The molecule has 0 unspecified atom stereocenters. The van der Waals surface area contributed by atoms with Crippen molar-refractivity contribution < 1.29 is 18.7 Å². The summed E-state index contributed by atoms with van der Waals surface area (Å²) in [6, 6.07) is 10.4. The average molecular weight is 464 g/mol. The largest absolute Gasteiger partial charge is 0.462 e. The van der Waals surface area contributed by atoms with Gasteiger partial charge < -0.3 is 14.1 Å². The molecule has 1 saturated heterocycles. The van der Waals surface area contributed by atoms with Gasteiger partial charge in [0, 0.05) is 18.7 Å². The van der Waals surface area contributed by atoms with Gasteiger partial charge in [-0.05, 0) is 61.9 Å². The Morgan fingerprint density at radius 1 is 1.18 bits per heavy atom. The topological polar surface area (TPSA) is 112 Å². The number of rotatable bonds is 4. The van der Waals surface area contributed by atoms with Crippen molar-refractivity contribution in [3.63, 3.8) is 0 Å². The fourth-order valence-electron chi connectivity index (χ4n) is 3.73. The summed E-state index contributed by atoms with van der Waals surface area (Å²) in [7, 11) is 0. The standard InChI is InChI=1S/C23H21N5O4S/c1-2-31-21(30)15-7-5-14(6-8-15)18-10-9-16(32-18)13-17-19(24)28-22(25-20(17)29)33-23(26-28)27-11-3-4-12-27/h5-10,13,24H,2-4,11-12H2,1H3/b17-13-,24-19?. The number of carbonyl (C=O) groups is 2. The predicted molar refractivity (Wildman–Crippen MR) is 126 cm³/mol. The Morgan fingerprint density at radius 3 is 2.67 bits per heavy atom. The van der Waals surface area contributed by atoms with Crippen LogP contribution < -0.4 is 0 Å². The van der Waals surface area contributed by atoms with Crippen LogP contribution in [0.3, 0.4) is 0 Å². The molecule has 33 heavy (non-hydrogen) atoms. The molecule has 3 aliphatic heterocycles. The zero-order chi connectivity index (χ0) is 22.9. The summed E-state index contributed by atoms with van der Waals surface area (Å²) >= 11 is 1.32. The van der Waals surface area contributed by atoms with Crippen molar-refractivity contribution in [3.05, 3.63) is 53.3 Å². The van der Waals surface area contributed by atoms with Gasteiger partial charge in [-0.15, -0.1) is 5.10 Å². The number of esters is 1. The summed E-state index contributed by atoms with van der Waals surface area (Å²) in [5.41, 5.74) is 1.35. The maximum absolute atomic E-state index is 12.6. The molecule has 3 aliphatic rings. The number of carbonyl (C=O) groups excluding carboxylic acids is 2. The first-order chi connectivity index (χ1) is 16.0. The van der Waals surface area contributed by atoms with E-state index in [1.54, 1.807) is 43.3 Å². The number of benzene rings is 1. The van der Waals surface area contributed by atoms with Crippen LogP contribution in [-0.4, -0.2) is 57.7 Å². The van der Waals surface area contributed by atoms with E-state index >= 15 is 0 Å². The van der Waals surface area contributed by atoms with Crippen LogP contribution in [0.1, 0.15) is 35.9 Å². The van der Waals surface area contributed by atoms with E-state index < -0.39 is 5.91 Å². The first-order valence-electron chi connectivity index (χ1n) is 10.7. The van der Waals surface area contributed by atoms with Crippen molar-refractivity contribution >= 4 is 45.9 Å². The van der Waals surface area contributed by atoms with Gasteiger partial charge in [0.25, 0.3) is 5.91 Å². The lowest BCUT2D eigenvalue weighted by Gasteiger charge is -2.19. The molecule has 1 aromatic heterocycles. The van der Waals surface area contributed by atoms with E-state index in [0.29, 0.717) is 28.9 Å². The quantitative estimate of drug-likeness (QED) is 0.542. The number of nitrogens with one attached hydrogen (secondary N) is 1. The number of hydrazone groups is 1. The van der Waals surface area contributed by atoms with Crippen LogP contribution in [0.5, 0.6) is 0 Å². The monoisotopic (exact) mass is 463 g/mol. The van der Waals surface area contributed by atoms with Crippen LogP contribution in [0.25, 0.3) is 17.4 Å². The molecule has 5 rings (SSSR count). The molecular weight excluding hydrogens is 442 g/mol. The molecule has 0 bridgehead atoms. The Bertz CT molecular complexity index is 1220. The van der Waals surface area contributed by atoms with E-state index in [2.05, 4.69) is 15.0 Å². The van der Waals surface area contributed by atoms with Crippen molar-refractivity contribution in [3.8, 4) is 11.3 Å². The third kappa shape index (κ3) is 4.09. The number of hydrogen-bond acceptors (Lipinski definition) is 8. The van der Waals surface area contributed by atoms with Gasteiger partial charge in [0.1, 0.15) is 11.5 Å². The number of ether oxygens (including phenoxy) is 1. The molecular formula is C23H21N5O4S. The van der Waals surface area contributed by atoms with Gasteiger partial charge in [-0.3, -0.25) is 10.2 Å². The molecule has 4 heterocycles. The van der Waals surface area contributed by atoms with Gasteiger partial charge >= 0.3 is 5.97 Å². The Hall–Kier alpha value is -3.66. The van der Waals surface area contributed by atoms with Crippen molar-refractivity contribution in [1.82, 2.24) is 9.91 Å². The lowest BCUT2D eigenvalue weighted by Crippen LogP contribution is -2.35. The molecule has 0 radical (unpaired) electrons. The average Bonchev–Trinajstić information content (AvgIpc) is 3.57. The summed E-state index contributed by atoms with van der Waals surface area (Å²) in [5.74, 6) is 0.0970. The predicted octanol–water partition coefficient (Wildman–Crippen LogP) is 3.80. The highest BCUT2D eigenvalue weighted by Gasteiger charge is 2.37. The second kappa shape index (κ2) is 8.70. The SMILES string of the molecule is CCOC(=O)c1ccc(-c2ccc(/C=C3/C(=N)N4N=C(N5CCCC5)SC4=NC3=O)o2)cc1. The lowest BCUT2D eigenvalue weighted by atomic mass is 10.1. The molecule has 1 fully saturated rings. The van der Waals surface area contributed by atoms with Crippen LogP contribution in [0.2, 0.25) is 0 Å². The summed E-state index contributed by atoms with van der Waals surface area (Å²) in [6.07, 6.45) is 3.73. The van der Waals surface area contributed by atoms with Gasteiger partial charge in [-0.2, -0.15) is 10.0 Å². The molecule has 0 aliphatic carbocycles. The number of fused-ring (bicyclic) bond motifs is 1. The Morgan fingerprint density at radius 2 is 1.94 bits per heavy atom. The number of furan rings is 1. The van der Waals surface area contributed by atoms with Gasteiger partial charge in [-0.1, -0.05) is 12.1 Å². The molecule has 1 N–H and O–H groups in total. The Balaban J connectivity index is 1.35. The van der Waals surface area contributed by atoms with E-state index in [1.807, 2.05) is 0 Å². The van der Waals surface area contributed by atoms with E-state index in [-0.39, 0.29) is 17.4 Å². The highest BCUT2D eigenvalue weighted by molar-refractivity contribution is 8.26. The number of aliphatic imine (C=N–C) groups is 1. The molecule has 0 atom stereocenters. The Labute approximate surface area is 194 Å². The number of thioether (sulfide) groups is 1. The number of likely N-dealkylation sites (tertiary alicyclic amines) is 1. The smallest absolute Gasteiger partial charge is 0.338 e. The summed E-state index contributed by atoms with van der Waals surface area (Å²) in [5, 5.41) is 15.6. The highest BCUT2D eigenvalue weighted by atomic mass is 32.2. The normalized spacial score (nSPS) is 19.1. The van der Waals surface area contributed by atoms with E-state index in [9.17, 15) is 9.59 Å². The molecule has 0 spiro atoms. The zero-order valence-electron chi connectivity index (χ0n) is 17.9. The number of hydrogen-bond donors (Lipinski definition) is 1. The van der Waals surface area contributed by atoms with Crippen LogP contribution >= 0.6 is 11.8 Å². The summed E-state index contributed by atoms with van der Waals surface area (Å²) < 4.78 is 10.9. The zero-order valence-corrected chi connectivity index (χ0v) is 18.7. The molecule has 1 aromatic carbocycles. The lowest BCUT2D eigenvalue weighted by molar-refractivity contribution is -0.114. The van der Waals surface area contributed by atoms with Gasteiger partial charge in [0.15, 0.2) is 11.0 Å². The molecule has 168 valence electrons. The van der Waals surface area contributed by atoms with Gasteiger partial charge in [0.05, 0.1) is 17.7 Å². The second-order valence-corrected chi connectivity index (χ2v) is 8.53. The molecule has 1 amide bonds. The molecule has 9 nitrogen and oxygen atoms in total. The van der Waals surface area contributed by atoms with Crippen LogP contribution in [0, 0.1) is 5.41 Å². The maximum Gasteiger partial charge on any atom is 0.338 e. The minimum atomic E-state index is -0.492. The first kappa shape index (κ1) is 21.2. The molecule has 10 heteroatoms. The van der Waals surface area contributed by atoms with E-state index in [4.69, 9.17) is 14.6 Å². The number of amidine groups is 3. The van der Waals surface area contributed by atoms with Crippen molar-refractivity contribution in [2.45, 2.75) is 19.8 Å².